The average molecular weight is 248 g/mol. The Labute approximate surface area is 110 Å². The Morgan fingerprint density at radius 1 is 1.22 bits per heavy atom. The molecule has 1 heterocycles. The third-order valence-corrected chi connectivity index (χ3v) is 3.38. The van der Waals surface area contributed by atoms with Crippen LogP contribution < -0.4 is 5.32 Å². The Morgan fingerprint density at radius 3 is 2.83 bits per heavy atom. The van der Waals surface area contributed by atoms with Crippen molar-refractivity contribution < 1.29 is 4.74 Å². The molecular formula is C15H24N2O. The van der Waals surface area contributed by atoms with Crippen LogP contribution in [0, 0.1) is 6.92 Å². The van der Waals surface area contributed by atoms with Crippen molar-refractivity contribution in [2.75, 3.05) is 45.9 Å². The van der Waals surface area contributed by atoms with Gasteiger partial charge in [0, 0.05) is 26.2 Å². The fourth-order valence-electron chi connectivity index (χ4n) is 2.29. The molecule has 0 unspecified atom stereocenters. The summed E-state index contributed by atoms with van der Waals surface area (Å²) in [6, 6.07) is 8.76. The van der Waals surface area contributed by atoms with E-state index in [-0.39, 0.29) is 0 Å². The van der Waals surface area contributed by atoms with Gasteiger partial charge in [0.1, 0.15) is 0 Å². The maximum absolute atomic E-state index is 5.33. The lowest BCUT2D eigenvalue weighted by Gasteiger charge is -2.26. The molecule has 0 aliphatic carbocycles. The fourth-order valence-corrected chi connectivity index (χ4v) is 2.29. The Bertz CT molecular complexity index is 348. The van der Waals surface area contributed by atoms with Crippen LogP contribution in [0.5, 0.6) is 0 Å². The number of hydrogen-bond donors (Lipinski definition) is 1. The van der Waals surface area contributed by atoms with Crippen LogP contribution in [0.2, 0.25) is 0 Å². The summed E-state index contributed by atoms with van der Waals surface area (Å²) in [4.78, 5) is 2.46. The lowest BCUT2D eigenvalue weighted by molar-refractivity contribution is 0.0385. The molecule has 1 aliphatic heterocycles. The minimum Gasteiger partial charge on any atom is -0.379 e. The van der Waals surface area contributed by atoms with Gasteiger partial charge in [-0.2, -0.15) is 0 Å². The summed E-state index contributed by atoms with van der Waals surface area (Å²) in [6.45, 7) is 9.37. The van der Waals surface area contributed by atoms with E-state index < -0.39 is 0 Å². The first-order chi connectivity index (χ1) is 8.84. The van der Waals surface area contributed by atoms with Crippen molar-refractivity contribution in [3.63, 3.8) is 0 Å². The summed E-state index contributed by atoms with van der Waals surface area (Å²) in [5, 5.41) is 3.52. The lowest BCUT2D eigenvalue weighted by Crippen LogP contribution is -2.40. The second-order valence-corrected chi connectivity index (χ2v) is 4.94. The van der Waals surface area contributed by atoms with Crippen molar-refractivity contribution >= 4 is 0 Å². The standard InChI is InChI=1S/C15H24N2O/c1-14-3-2-4-15(13-14)5-6-16-7-8-17-9-11-18-12-10-17/h2-4,13,16H,5-12H2,1H3. The van der Waals surface area contributed by atoms with Gasteiger partial charge >= 0.3 is 0 Å². The number of benzene rings is 1. The van der Waals surface area contributed by atoms with Gasteiger partial charge in [-0.05, 0) is 25.5 Å². The first kappa shape index (κ1) is 13.5. The zero-order chi connectivity index (χ0) is 12.6. The quantitative estimate of drug-likeness (QED) is 0.771. The fraction of sp³-hybridized carbons (Fsp3) is 0.600. The normalized spacial score (nSPS) is 16.9. The molecule has 1 aromatic carbocycles. The summed E-state index contributed by atoms with van der Waals surface area (Å²) >= 11 is 0. The third kappa shape index (κ3) is 4.77. The molecular weight excluding hydrogens is 224 g/mol. The molecule has 1 fully saturated rings. The average Bonchev–Trinajstić information content (AvgIpc) is 2.40. The summed E-state index contributed by atoms with van der Waals surface area (Å²) in [6.07, 6.45) is 1.12. The largest absolute Gasteiger partial charge is 0.379 e. The zero-order valence-electron chi connectivity index (χ0n) is 11.3. The van der Waals surface area contributed by atoms with Crippen molar-refractivity contribution in [3.8, 4) is 0 Å². The van der Waals surface area contributed by atoms with E-state index in [2.05, 4.69) is 41.4 Å². The molecule has 0 aromatic heterocycles. The van der Waals surface area contributed by atoms with E-state index in [4.69, 9.17) is 4.74 Å². The molecule has 3 heteroatoms. The van der Waals surface area contributed by atoms with Gasteiger partial charge in [0.25, 0.3) is 0 Å². The molecule has 0 atom stereocenters. The van der Waals surface area contributed by atoms with Crippen LogP contribution >= 0.6 is 0 Å². The molecule has 2 rings (SSSR count). The SMILES string of the molecule is Cc1cccc(CCNCCN2CCOCC2)c1. The van der Waals surface area contributed by atoms with E-state index in [1.165, 1.54) is 11.1 Å². The maximum Gasteiger partial charge on any atom is 0.0594 e. The Hall–Kier alpha value is -0.900. The molecule has 100 valence electrons. The second-order valence-electron chi connectivity index (χ2n) is 4.94. The summed E-state index contributed by atoms with van der Waals surface area (Å²) in [5.41, 5.74) is 2.77. The maximum atomic E-state index is 5.33. The third-order valence-electron chi connectivity index (χ3n) is 3.38. The number of morpholine rings is 1. The first-order valence-electron chi connectivity index (χ1n) is 6.91. The predicted octanol–water partition coefficient (Wildman–Crippen LogP) is 1.46. The Kier molecular flexibility index (Phi) is 5.65. The number of hydrogen-bond acceptors (Lipinski definition) is 3. The number of aryl methyl sites for hydroxylation is 1. The van der Waals surface area contributed by atoms with E-state index in [0.717, 1.165) is 52.4 Å². The van der Waals surface area contributed by atoms with Crippen LogP contribution in [-0.2, 0) is 11.2 Å². The topological polar surface area (TPSA) is 24.5 Å². The second kappa shape index (κ2) is 7.52. The summed E-state index contributed by atoms with van der Waals surface area (Å²) in [5.74, 6) is 0. The van der Waals surface area contributed by atoms with E-state index in [9.17, 15) is 0 Å². The van der Waals surface area contributed by atoms with Gasteiger partial charge in [-0.25, -0.2) is 0 Å². The van der Waals surface area contributed by atoms with Gasteiger partial charge in [0.15, 0.2) is 0 Å². The van der Waals surface area contributed by atoms with Crippen molar-refractivity contribution in [2.24, 2.45) is 0 Å². The highest BCUT2D eigenvalue weighted by atomic mass is 16.5. The van der Waals surface area contributed by atoms with Crippen LogP contribution in [0.1, 0.15) is 11.1 Å². The van der Waals surface area contributed by atoms with Crippen molar-refractivity contribution in [1.29, 1.82) is 0 Å². The van der Waals surface area contributed by atoms with Gasteiger partial charge in [-0.15, -0.1) is 0 Å². The summed E-state index contributed by atoms with van der Waals surface area (Å²) < 4.78 is 5.33. The molecule has 0 spiro atoms. The van der Waals surface area contributed by atoms with Gasteiger partial charge in [-0.3, -0.25) is 4.90 Å². The highest BCUT2D eigenvalue weighted by Gasteiger charge is 2.08. The van der Waals surface area contributed by atoms with Crippen molar-refractivity contribution in [1.82, 2.24) is 10.2 Å². The smallest absolute Gasteiger partial charge is 0.0594 e. The number of nitrogens with one attached hydrogen (secondary N) is 1. The van der Waals surface area contributed by atoms with Crippen molar-refractivity contribution in [3.05, 3.63) is 35.4 Å². The van der Waals surface area contributed by atoms with Gasteiger partial charge < -0.3 is 10.1 Å². The number of rotatable bonds is 6. The molecule has 1 N–H and O–H groups in total. The number of nitrogens with zero attached hydrogens (tertiary/aromatic N) is 1. The van der Waals surface area contributed by atoms with Crippen LogP contribution in [0.25, 0.3) is 0 Å². The minimum atomic E-state index is 0.892. The first-order valence-corrected chi connectivity index (χ1v) is 6.91. The number of ether oxygens (including phenoxy) is 1. The Morgan fingerprint density at radius 2 is 2.06 bits per heavy atom. The molecule has 0 amide bonds. The van der Waals surface area contributed by atoms with Crippen LogP contribution in [0.15, 0.2) is 24.3 Å². The highest BCUT2D eigenvalue weighted by molar-refractivity contribution is 5.22. The molecule has 1 aliphatic rings. The minimum absolute atomic E-state index is 0.892. The molecule has 0 bridgehead atoms. The van der Waals surface area contributed by atoms with E-state index in [0.29, 0.717) is 0 Å². The molecule has 3 nitrogen and oxygen atoms in total. The molecule has 1 aromatic rings. The zero-order valence-corrected chi connectivity index (χ0v) is 11.3. The molecule has 0 radical (unpaired) electrons. The Balaban J connectivity index is 1.55. The van der Waals surface area contributed by atoms with Crippen LogP contribution in [-0.4, -0.2) is 50.8 Å². The molecule has 0 saturated carbocycles. The van der Waals surface area contributed by atoms with E-state index in [1.807, 2.05) is 0 Å². The molecule has 18 heavy (non-hydrogen) atoms. The van der Waals surface area contributed by atoms with E-state index in [1.54, 1.807) is 0 Å². The lowest BCUT2D eigenvalue weighted by atomic mass is 10.1. The summed E-state index contributed by atoms with van der Waals surface area (Å²) in [7, 11) is 0. The highest BCUT2D eigenvalue weighted by Crippen LogP contribution is 2.03. The van der Waals surface area contributed by atoms with Crippen LogP contribution in [0.3, 0.4) is 0 Å². The van der Waals surface area contributed by atoms with Crippen LogP contribution in [0.4, 0.5) is 0 Å². The molecule has 1 saturated heterocycles. The monoisotopic (exact) mass is 248 g/mol. The van der Waals surface area contributed by atoms with Crippen molar-refractivity contribution in [2.45, 2.75) is 13.3 Å². The van der Waals surface area contributed by atoms with Gasteiger partial charge in [-0.1, -0.05) is 29.8 Å². The van der Waals surface area contributed by atoms with Gasteiger partial charge in [0.2, 0.25) is 0 Å². The van der Waals surface area contributed by atoms with Gasteiger partial charge in [0.05, 0.1) is 13.2 Å². The predicted molar refractivity (Wildman–Crippen MR) is 75.0 cm³/mol. The van der Waals surface area contributed by atoms with E-state index >= 15 is 0 Å².